The number of hydrogen-bond donors (Lipinski definition) is 2. The van der Waals surface area contributed by atoms with Crippen molar-refractivity contribution < 1.29 is 9.18 Å². The molecular weight excluding hydrogens is 243 g/mol. The van der Waals surface area contributed by atoms with Crippen molar-refractivity contribution in [2.75, 3.05) is 6.54 Å². The van der Waals surface area contributed by atoms with E-state index in [4.69, 9.17) is 0 Å². The van der Waals surface area contributed by atoms with E-state index in [1.807, 2.05) is 0 Å². The lowest BCUT2D eigenvalue weighted by molar-refractivity contribution is -0.125. The van der Waals surface area contributed by atoms with E-state index in [0.29, 0.717) is 18.6 Å². The minimum atomic E-state index is -0.221. The van der Waals surface area contributed by atoms with Crippen LogP contribution in [0.3, 0.4) is 0 Å². The Morgan fingerprint density at radius 1 is 1.32 bits per heavy atom. The third-order valence-corrected chi connectivity index (χ3v) is 4.26. The van der Waals surface area contributed by atoms with Crippen LogP contribution < -0.4 is 10.6 Å². The molecule has 2 N–H and O–H groups in total. The van der Waals surface area contributed by atoms with E-state index in [0.717, 1.165) is 24.8 Å². The van der Waals surface area contributed by atoms with Crippen molar-refractivity contribution in [2.45, 2.75) is 37.8 Å². The van der Waals surface area contributed by atoms with Gasteiger partial charge in [0.1, 0.15) is 5.82 Å². The number of halogens is 1. The highest BCUT2D eigenvalue weighted by Crippen LogP contribution is 2.33. The van der Waals surface area contributed by atoms with Crippen LogP contribution in [-0.4, -0.2) is 24.5 Å². The molecule has 0 aromatic heterocycles. The second-order valence-electron chi connectivity index (χ2n) is 5.56. The highest BCUT2D eigenvalue weighted by molar-refractivity contribution is 5.80. The van der Waals surface area contributed by atoms with E-state index in [1.54, 1.807) is 12.1 Å². The standard InChI is InChI=1S/C15H19FN2O/c16-11-3-1-10(2-4-11)7-8-17-15(19)13-9-12-5-6-14(13)18-12/h1-4,12-14,18H,5-9H2,(H,17,19). The summed E-state index contributed by atoms with van der Waals surface area (Å²) in [6, 6.07) is 7.38. The van der Waals surface area contributed by atoms with Gasteiger partial charge in [-0.2, -0.15) is 0 Å². The Morgan fingerprint density at radius 3 is 2.74 bits per heavy atom. The molecule has 2 bridgehead atoms. The molecule has 102 valence electrons. The summed E-state index contributed by atoms with van der Waals surface area (Å²) in [5, 5.41) is 6.47. The molecule has 3 atom stereocenters. The minimum absolute atomic E-state index is 0.145. The Bertz CT molecular complexity index is 460. The van der Waals surface area contributed by atoms with Crippen molar-refractivity contribution in [3.8, 4) is 0 Å². The molecule has 19 heavy (non-hydrogen) atoms. The highest BCUT2D eigenvalue weighted by Gasteiger charge is 2.42. The molecule has 2 aliphatic rings. The van der Waals surface area contributed by atoms with Crippen LogP contribution in [-0.2, 0) is 11.2 Å². The molecular formula is C15H19FN2O. The normalized spacial score (nSPS) is 28.6. The monoisotopic (exact) mass is 262 g/mol. The molecule has 1 aromatic rings. The van der Waals surface area contributed by atoms with Gasteiger partial charge in [0.2, 0.25) is 5.91 Å². The molecule has 1 aromatic carbocycles. The van der Waals surface area contributed by atoms with Crippen LogP contribution in [0.4, 0.5) is 4.39 Å². The first-order valence-electron chi connectivity index (χ1n) is 7.00. The summed E-state index contributed by atoms with van der Waals surface area (Å²) in [5.74, 6) is 0.0922. The summed E-state index contributed by atoms with van der Waals surface area (Å²) in [7, 11) is 0. The SMILES string of the molecule is O=C(NCCc1ccc(F)cc1)C1CC2CCC1N2. The van der Waals surface area contributed by atoms with Crippen LogP contribution in [0.5, 0.6) is 0 Å². The fraction of sp³-hybridized carbons (Fsp3) is 0.533. The fourth-order valence-electron chi connectivity index (χ4n) is 3.23. The van der Waals surface area contributed by atoms with Gasteiger partial charge in [-0.3, -0.25) is 4.79 Å². The maximum atomic E-state index is 12.8. The van der Waals surface area contributed by atoms with Gasteiger partial charge in [-0.25, -0.2) is 4.39 Å². The molecule has 3 unspecified atom stereocenters. The molecule has 0 saturated carbocycles. The third-order valence-electron chi connectivity index (χ3n) is 4.26. The maximum absolute atomic E-state index is 12.8. The predicted octanol–water partition coefficient (Wildman–Crippen LogP) is 1.62. The zero-order valence-electron chi connectivity index (χ0n) is 10.9. The second kappa shape index (κ2) is 5.29. The quantitative estimate of drug-likeness (QED) is 0.866. The molecule has 3 rings (SSSR count). The third kappa shape index (κ3) is 2.78. The molecule has 1 amide bonds. The summed E-state index contributed by atoms with van der Waals surface area (Å²) >= 11 is 0. The lowest BCUT2D eigenvalue weighted by Gasteiger charge is -2.19. The van der Waals surface area contributed by atoms with E-state index in [2.05, 4.69) is 10.6 Å². The molecule has 4 heteroatoms. The molecule has 2 aliphatic heterocycles. The van der Waals surface area contributed by atoms with Gasteiger partial charge in [-0.15, -0.1) is 0 Å². The van der Waals surface area contributed by atoms with Gasteiger partial charge >= 0.3 is 0 Å². The summed E-state index contributed by atoms with van der Waals surface area (Å²) in [5.41, 5.74) is 1.05. The van der Waals surface area contributed by atoms with E-state index >= 15 is 0 Å². The number of hydrogen-bond acceptors (Lipinski definition) is 2. The van der Waals surface area contributed by atoms with Gasteiger partial charge < -0.3 is 10.6 Å². The van der Waals surface area contributed by atoms with Crippen molar-refractivity contribution in [2.24, 2.45) is 5.92 Å². The number of carbonyl (C=O) groups is 1. The van der Waals surface area contributed by atoms with Crippen LogP contribution in [0.2, 0.25) is 0 Å². The molecule has 2 fully saturated rings. The van der Waals surface area contributed by atoms with Crippen molar-refractivity contribution in [3.05, 3.63) is 35.6 Å². The highest BCUT2D eigenvalue weighted by atomic mass is 19.1. The minimum Gasteiger partial charge on any atom is -0.355 e. The molecule has 0 radical (unpaired) electrons. The Labute approximate surface area is 112 Å². The van der Waals surface area contributed by atoms with Gasteiger partial charge in [-0.05, 0) is 43.4 Å². The maximum Gasteiger partial charge on any atom is 0.224 e. The molecule has 0 spiro atoms. The molecule has 2 saturated heterocycles. The second-order valence-corrected chi connectivity index (χ2v) is 5.56. The number of nitrogens with one attached hydrogen (secondary N) is 2. The van der Waals surface area contributed by atoms with Crippen molar-refractivity contribution in [3.63, 3.8) is 0 Å². The van der Waals surface area contributed by atoms with Crippen LogP contribution in [0.1, 0.15) is 24.8 Å². The van der Waals surface area contributed by atoms with Crippen molar-refractivity contribution in [1.29, 1.82) is 0 Å². The van der Waals surface area contributed by atoms with E-state index in [1.165, 1.54) is 18.6 Å². The van der Waals surface area contributed by atoms with Crippen LogP contribution >= 0.6 is 0 Å². The Kier molecular flexibility index (Phi) is 3.51. The summed E-state index contributed by atoms with van der Waals surface area (Å²) < 4.78 is 12.8. The fourth-order valence-corrected chi connectivity index (χ4v) is 3.23. The van der Waals surface area contributed by atoms with Crippen LogP contribution in [0.15, 0.2) is 24.3 Å². The average molecular weight is 262 g/mol. The topological polar surface area (TPSA) is 41.1 Å². The zero-order valence-corrected chi connectivity index (χ0v) is 10.9. The van der Waals surface area contributed by atoms with Crippen LogP contribution in [0, 0.1) is 11.7 Å². The Morgan fingerprint density at radius 2 is 2.11 bits per heavy atom. The number of amides is 1. The van der Waals surface area contributed by atoms with Gasteiger partial charge in [0.05, 0.1) is 5.92 Å². The number of carbonyl (C=O) groups excluding carboxylic acids is 1. The molecule has 3 nitrogen and oxygen atoms in total. The summed E-state index contributed by atoms with van der Waals surface area (Å²) in [4.78, 5) is 12.1. The van der Waals surface area contributed by atoms with Gasteiger partial charge in [0.15, 0.2) is 0 Å². The van der Waals surface area contributed by atoms with Crippen LogP contribution in [0.25, 0.3) is 0 Å². The number of fused-ring (bicyclic) bond motifs is 2. The first-order chi connectivity index (χ1) is 9.22. The lowest BCUT2D eigenvalue weighted by Crippen LogP contribution is -2.38. The largest absolute Gasteiger partial charge is 0.355 e. The molecule has 2 heterocycles. The van der Waals surface area contributed by atoms with Crippen molar-refractivity contribution >= 4 is 5.91 Å². The molecule has 0 aliphatic carbocycles. The van der Waals surface area contributed by atoms with E-state index in [9.17, 15) is 9.18 Å². The van der Waals surface area contributed by atoms with Crippen molar-refractivity contribution in [1.82, 2.24) is 10.6 Å². The smallest absolute Gasteiger partial charge is 0.224 e. The lowest BCUT2D eigenvalue weighted by atomic mass is 9.88. The van der Waals surface area contributed by atoms with Gasteiger partial charge in [0, 0.05) is 18.6 Å². The number of rotatable bonds is 4. The Hall–Kier alpha value is -1.42. The first kappa shape index (κ1) is 12.6. The average Bonchev–Trinajstić information content (AvgIpc) is 3.03. The van der Waals surface area contributed by atoms with Gasteiger partial charge in [-0.1, -0.05) is 12.1 Å². The summed E-state index contributed by atoms with van der Waals surface area (Å²) in [6.07, 6.45) is 4.07. The Balaban J connectivity index is 1.45. The zero-order chi connectivity index (χ0) is 13.2. The van der Waals surface area contributed by atoms with E-state index in [-0.39, 0.29) is 17.6 Å². The predicted molar refractivity (Wildman–Crippen MR) is 71.2 cm³/mol. The van der Waals surface area contributed by atoms with Gasteiger partial charge in [0.25, 0.3) is 0 Å². The first-order valence-corrected chi connectivity index (χ1v) is 7.00. The number of benzene rings is 1. The van der Waals surface area contributed by atoms with E-state index < -0.39 is 0 Å². The summed E-state index contributed by atoms with van der Waals surface area (Å²) in [6.45, 7) is 0.623.